The van der Waals surface area contributed by atoms with Crippen LogP contribution in [0.15, 0.2) is 18.2 Å². The molecule has 2 aliphatic heterocycles. The van der Waals surface area contributed by atoms with Gasteiger partial charge < -0.3 is 16.0 Å². The van der Waals surface area contributed by atoms with Crippen LogP contribution in [0.3, 0.4) is 0 Å². The van der Waals surface area contributed by atoms with E-state index in [-0.39, 0.29) is 11.9 Å². The second kappa shape index (κ2) is 5.85. The van der Waals surface area contributed by atoms with Gasteiger partial charge in [0.25, 0.3) is 5.91 Å². The van der Waals surface area contributed by atoms with Gasteiger partial charge in [-0.1, -0.05) is 18.0 Å². The summed E-state index contributed by atoms with van der Waals surface area (Å²) >= 11 is 5.97. The van der Waals surface area contributed by atoms with Crippen LogP contribution < -0.4 is 11.1 Å². The van der Waals surface area contributed by atoms with E-state index in [0.717, 1.165) is 12.8 Å². The van der Waals surface area contributed by atoms with Crippen molar-refractivity contribution in [2.24, 2.45) is 0 Å². The Kier molecular flexibility index (Phi) is 4.09. The van der Waals surface area contributed by atoms with Gasteiger partial charge >= 0.3 is 0 Å². The number of piperidine rings is 2. The number of carbonyl (C=O) groups is 1. The predicted molar refractivity (Wildman–Crippen MR) is 85.5 cm³/mol. The number of hydrogen-bond acceptors (Lipinski definition) is 3. The van der Waals surface area contributed by atoms with Gasteiger partial charge in [0.15, 0.2) is 0 Å². The summed E-state index contributed by atoms with van der Waals surface area (Å²) in [6.07, 6.45) is 5.86. The van der Waals surface area contributed by atoms with Gasteiger partial charge in [0.1, 0.15) is 0 Å². The zero-order valence-corrected chi connectivity index (χ0v) is 13.1. The fourth-order valence-electron chi connectivity index (χ4n) is 3.75. The summed E-state index contributed by atoms with van der Waals surface area (Å²) in [5, 5.41) is 3.66. The number of fused-ring (bicyclic) bond motifs is 2. The van der Waals surface area contributed by atoms with E-state index in [4.69, 9.17) is 17.3 Å². The molecule has 114 valence electrons. The molecule has 1 amide bonds. The molecular formula is C16H22ClN3O. The lowest BCUT2D eigenvalue weighted by Crippen LogP contribution is -2.55. The topological polar surface area (TPSA) is 58.4 Å². The molecule has 0 saturated carbocycles. The zero-order valence-electron chi connectivity index (χ0n) is 12.3. The Morgan fingerprint density at radius 1 is 1.29 bits per heavy atom. The Balaban J connectivity index is 1.68. The van der Waals surface area contributed by atoms with E-state index in [9.17, 15) is 4.79 Å². The lowest BCUT2D eigenvalue weighted by molar-refractivity contribution is 0.0463. The van der Waals surface area contributed by atoms with Crippen molar-refractivity contribution >= 4 is 23.2 Å². The molecule has 3 N–H and O–H groups in total. The number of nitrogens with two attached hydrogens (primary N) is 1. The summed E-state index contributed by atoms with van der Waals surface area (Å²) in [6, 6.07) is 6.46. The number of carbonyl (C=O) groups excluding carboxylic acids is 1. The van der Waals surface area contributed by atoms with Gasteiger partial charge in [0, 0.05) is 34.4 Å². The Labute approximate surface area is 130 Å². The molecule has 2 saturated heterocycles. The number of benzene rings is 1. The fourth-order valence-corrected chi connectivity index (χ4v) is 3.99. The minimum absolute atomic E-state index is 0.0724. The van der Waals surface area contributed by atoms with E-state index < -0.39 is 0 Å². The number of nitrogens with one attached hydrogen (secondary N) is 1. The number of halogens is 1. The molecule has 2 heterocycles. The van der Waals surface area contributed by atoms with Crippen LogP contribution in [0.4, 0.5) is 5.69 Å². The maximum absolute atomic E-state index is 12.4. The Hall–Kier alpha value is -1.26. The normalized spacial score (nSPS) is 29.1. The second-order valence-electron chi connectivity index (χ2n) is 6.32. The van der Waals surface area contributed by atoms with E-state index in [1.165, 1.54) is 19.3 Å². The highest BCUT2D eigenvalue weighted by atomic mass is 35.5. The van der Waals surface area contributed by atoms with Crippen LogP contribution in [0.1, 0.15) is 42.5 Å². The maximum Gasteiger partial charge on any atom is 0.251 e. The van der Waals surface area contributed by atoms with Gasteiger partial charge in [-0.2, -0.15) is 0 Å². The number of rotatable bonds is 2. The van der Waals surface area contributed by atoms with Crippen molar-refractivity contribution in [1.82, 2.24) is 10.2 Å². The summed E-state index contributed by atoms with van der Waals surface area (Å²) in [4.78, 5) is 14.9. The van der Waals surface area contributed by atoms with Crippen LogP contribution in [0.5, 0.6) is 0 Å². The minimum atomic E-state index is -0.0724. The molecule has 5 heteroatoms. The zero-order chi connectivity index (χ0) is 15.0. The van der Waals surface area contributed by atoms with Crippen molar-refractivity contribution in [3.8, 4) is 0 Å². The molecule has 4 nitrogen and oxygen atoms in total. The number of nitrogen functional groups attached to an aromatic ring is 1. The van der Waals surface area contributed by atoms with Gasteiger partial charge in [-0.05, 0) is 50.9 Å². The first-order valence-corrected chi connectivity index (χ1v) is 7.99. The van der Waals surface area contributed by atoms with Gasteiger partial charge in [0.2, 0.25) is 0 Å². The molecular weight excluding hydrogens is 286 g/mol. The first-order chi connectivity index (χ1) is 10.0. The molecule has 3 rings (SSSR count). The summed E-state index contributed by atoms with van der Waals surface area (Å²) < 4.78 is 0. The van der Waals surface area contributed by atoms with Crippen molar-refractivity contribution < 1.29 is 4.79 Å². The van der Waals surface area contributed by atoms with Crippen molar-refractivity contribution in [3.05, 3.63) is 28.8 Å². The van der Waals surface area contributed by atoms with Gasteiger partial charge in [0.05, 0.1) is 0 Å². The van der Waals surface area contributed by atoms with Crippen molar-refractivity contribution in [2.75, 3.05) is 12.8 Å². The molecule has 2 atom stereocenters. The molecule has 1 aromatic carbocycles. The standard InChI is InChI=1S/C16H22ClN3O/c1-20-14-3-2-4-15(20)9-13(8-14)19-16(21)10-5-11(17)7-12(18)6-10/h5-7,13-15H,2-4,8-9,18H2,1H3,(H,19,21). The third-order valence-corrected chi connectivity index (χ3v) is 5.08. The third kappa shape index (κ3) is 3.16. The van der Waals surface area contributed by atoms with Crippen molar-refractivity contribution in [2.45, 2.75) is 50.2 Å². The van der Waals surface area contributed by atoms with E-state index in [1.54, 1.807) is 18.2 Å². The van der Waals surface area contributed by atoms with Gasteiger partial charge in [-0.15, -0.1) is 0 Å². The molecule has 2 unspecified atom stereocenters. The molecule has 21 heavy (non-hydrogen) atoms. The SMILES string of the molecule is CN1C2CCCC1CC(NC(=O)c1cc(N)cc(Cl)c1)C2. The second-order valence-corrected chi connectivity index (χ2v) is 6.76. The van der Waals surface area contributed by atoms with Crippen molar-refractivity contribution in [3.63, 3.8) is 0 Å². The highest BCUT2D eigenvalue weighted by Crippen LogP contribution is 2.32. The highest BCUT2D eigenvalue weighted by Gasteiger charge is 2.36. The molecule has 0 radical (unpaired) electrons. The maximum atomic E-state index is 12.4. The molecule has 0 spiro atoms. The quantitative estimate of drug-likeness (QED) is 0.826. The monoisotopic (exact) mass is 307 g/mol. The summed E-state index contributed by atoms with van der Waals surface area (Å²) in [7, 11) is 2.21. The lowest BCUT2D eigenvalue weighted by atomic mass is 9.82. The highest BCUT2D eigenvalue weighted by molar-refractivity contribution is 6.31. The first-order valence-electron chi connectivity index (χ1n) is 7.62. The number of hydrogen-bond donors (Lipinski definition) is 2. The molecule has 2 aliphatic rings. The smallest absolute Gasteiger partial charge is 0.251 e. The molecule has 2 bridgehead atoms. The van der Waals surface area contributed by atoms with Gasteiger partial charge in [-0.25, -0.2) is 0 Å². The van der Waals surface area contributed by atoms with Gasteiger partial charge in [-0.3, -0.25) is 4.79 Å². The van der Waals surface area contributed by atoms with Crippen LogP contribution in [-0.4, -0.2) is 36.0 Å². The van der Waals surface area contributed by atoms with Crippen LogP contribution in [-0.2, 0) is 0 Å². The van der Waals surface area contributed by atoms with E-state index in [2.05, 4.69) is 17.3 Å². The van der Waals surface area contributed by atoms with Crippen LogP contribution in [0, 0.1) is 0 Å². The van der Waals surface area contributed by atoms with Crippen molar-refractivity contribution in [1.29, 1.82) is 0 Å². The molecule has 2 fully saturated rings. The fraction of sp³-hybridized carbons (Fsp3) is 0.562. The molecule has 1 aromatic rings. The first kappa shape index (κ1) is 14.7. The van der Waals surface area contributed by atoms with Crippen LogP contribution in [0.25, 0.3) is 0 Å². The number of anilines is 1. The Morgan fingerprint density at radius 3 is 2.57 bits per heavy atom. The number of amides is 1. The summed E-state index contributed by atoms with van der Waals surface area (Å²) in [5.74, 6) is -0.0724. The minimum Gasteiger partial charge on any atom is -0.399 e. The average Bonchev–Trinajstić information content (AvgIpc) is 2.38. The Morgan fingerprint density at radius 2 is 1.95 bits per heavy atom. The third-order valence-electron chi connectivity index (χ3n) is 4.86. The van der Waals surface area contributed by atoms with E-state index >= 15 is 0 Å². The molecule has 0 aliphatic carbocycles. The predicted octanol–water partition coefficient (Wildman–Crippen LogP) is 2.67. The summed E-state index contributed by atoms with van der Waals surface area (Å²) in [6.45, 7) is 0. The van der Waals surface area contributed by atoms with E-state index in [1.807, 2.05) is 0 Å². The number of nitrogens with zero attached hydrogens (tertiary/aromatic N) is 1. The van der Waals surface area contributed by atoms with Crippen LogP contribution in [0.2, 0.25) is 5.02 Å². The van der Waals surface area contributed by atoms with E-state index in [0.29, 0.717) is 28.4 Å². The summed E-state index contributed by atoms with van der Waals surface area (Å²) in [5.41, 5.74) is 6.82. The molecule has 0 aromatic heterocycles. The average molecular weight is 308 g/mol. The largest absolute Gasteiger partial charge is 0.399 e. The lowest BCUT2D eigenvalue weighted by Gasteiger charge is -2.47. The van der Waals surface area contributed by atoms with Crippen LogP contribution >= 0.6 is 11.6 Å². The Bertz CT molecular complexity index is 514.